The van der Waals surface area contributed by atoms with Gasteiger partial charge in [0.1, 0.15) is 10.9 Å². The molecule has 3 N–H and O–H groups in total. The number of nitrogen functional groups attached to an aromatic ring is 1. The number of rotatable bonds is 3. The van der Waals surface area contributed by atoms with Crippen LogP contribution >= 0.6 is 34.7 Å². The van der Waals surface area contributed by atoms with Crippen LogP contribution in [0.5, 0.6) is 0 Å². The van der Waals surface area contributed by atoms with Crippen LogP contribution in [0.3, 0.4) is 0 Å². The summed E-state index contributed by atoms with van der Waals surface area (Å²) < 4.78 is 1.98. The summed E-state index contributed by atoms with van der Waals surface area (Å²) in [4.78, 5) is 8.75. The van der Waals surface area contributed by atoms with Gasteiger partial charge in [0.2, 0.25) is 0 Å². The molecule has 7 heteroatoms. The van der Waals surface area contributed by atoms with Gasteiger partial charge in [-0.1, -0.05) is 23.7 Å². The van der Waals surface area contributed by atoms with Crippen molar-refractivity contribution in [1.29, 1.82) is 5.41 Å². The SMILES string of the molecule is N=C(N)c1ccnc(Sc2nc3ccccc3s2)c1Cl. The molecule has 0 atom stereocenters. The van der Waals surface area contributed by atoms with E-state index in [2.05, 4.69) is 9.97 Å². The van der Waals surface area contributed by atoms with Crippen molar-refractivity contribution < 1.29 is 0 Å². The topological polar surface area (TPSA) is 75.7 Å². The summed E-state index contributed by atoms with van der Waals surface area (Å²) in [5, 5.41) is 8.49. The lowest BCUT2D eigenvalue weighted by Gasteiger charge is -2.05. The van der Waals surface area contributed by atoms with E-state index >= 15 is 0 Å². The molecule has 2 heterocycles. The molecule has 3 rings (SSSR count). The fourth-order valence-corrected chi connectivity index (χ4v) is 4.00. The Morgan fingerprint density at radius 2 is 2.10 bits per heavy atom. The van der Waals surface area contributed by atoms with Crippen LogP contribution < -0.4 is 5.73 Å². The van der Waals surface area contributed by atoms with Crippen molar-refractivity contribution >= 4 is 50.8 Å². The highest BCUT2D eigenvalue weighted by atomic mass is 35.5. The van der Waals surface area contributed by atoms with Gasteiger partial charge in [0.15, 0.2) is 4.34 Å². The number of nitrogens with one attached hydrogen (secondary N) is 1. The van der Waals surface area contributed by atoms with Crippen LogP contribution in [0.25, 0.3) is 10.2 Å². The third kappa shape index (κ3) is 2.49. The van der Waals surface area contributed by atoms with Gasteiger partial charge in [-0.3, -0.25) is 5.41 Å². The lowest BCUT2D eigenvalue weighted by atomic mass is 10.2. The monoisotopic (exact) mass is 320 g/mol. The number of hydrogen-bond acceptors (Lipinski definition) is 5. The Morgan fingerprint density at radius 3 is 2.85 bits per heavy atom. The Hall–Kier alpha value is -1.63. The van der Waals surface area contributed by atoms with Gasteiger partial charge in [0.25, 0.3) is 0 Å². The van der Waals surface area contributed by atoms with E-state index in [0.717, 1.165) is 14.6 Å². The maximum absolute atomic E-state index is 7.48. The first-order valence-corrected chi connectivity index (χ1v) is 7.68. The Morgan fingerprint density at radius 1 is 1.30 bits per heavy atom. The number of amidine groups is 1. The number of nitrogens with zero attached hydrogens (tertiary/aromatic N) is 2. The molecule has 0 aliphatic heterocycles. The highest BCUT2D eigenvalue weighted by Crippen LogP contribution is 2.37. The van der Waals surface area contributed by atoms with Crippen molar-refractivity contribution in [1.82, 2.24) is 9.97 Å². The average Bonchev–Trinajstić information content (AvgIpc) is 2.83. The van der Waals surface area contributed by atoms with Crippen LogP contribution in [0.15, 0.2) is 45.9 Å². The molecule has 2 aromatic heterocycles. The van der Waals surface area contributed by atoms with E-state index in [0.29, 0.717) is 15.6 Å². The lowest BCUT2D eigenvalue weighted by Crippen LogP contribution is -2.12. The van der Waals surface area contributed by atoms with Gasteiger partial charge in [-0.05, 0) is 30.0 Å². The molecule has 3 aromatic rings. The number of thiazole rings is 1. The molecule has 0 unspecified atom stereocenters. The van der Waals surface area contributed by atoms with Crippen molar-refractivity contribution in [3.8, 4) is 0 Å². The number of aromatic nitrogens is 2. The first-order valence-electron chi connectivity index (χ1n) is 5.67. The Labute approximate surface area is 128 Å². The van der Waals surface area contributed by atoms with Crippen LogP contribution in [0.2, 0.25) is 5.02 Å². The highest BCUT2D eigenvalue weighted by molar-refractivity contribution is 8.01. The molecular weight excluding hydrogens is 312 g/mol. The van der Waals surface area contributed by atoms with Gasteiger partial charge in [0, 0.05) is 11.8 Å². The van der Waals surface area contributed by atoms with Crippen molar-refractivity contribution in [2.45, 2.75) is 9.37 Å². The molecule has 0 radical (unpaired) electrons. The van der Waals surface area contributed by atoms with Crippen LogP contribution in [-0.2, 0) is 0 Å². The minimum Gasteiger partial charge on any atom is -0.384 e. The maximum Gasteiger partial charge on any atom is 0.157 e. The molecule has 0 saturated heterocycles. The zero-order valence-electron chi connectivity index (χ0n) is 10.1. The summed E-state index contributed by atoms with van der Waals surface area (Å²) >= 11 is 9.19. The predicted molar refractivity (Wildman–Crippen MR) is 84.0 cm³/mol. The van der Waals surface area contributed by atoms with E-state index in [1.54, 1.807) is 23.6 Å². The molecule has 20 heavy (non-hydrogen) atoms. The fourth-order valence-electron chi connectivity index (χ4n) is 1.68. The standard InChI is InChI=1S/C13H9ClN4S2/c14-10-7(11(15)16)5-6-17-12(10)20-13-18-8-3-1-2-4-9(8)19-13/h1-6H,(H3,15,16). The van der Waals surface area contributed by atoms with Crippen LogP contribution in [0.1, 0.15) is 5.56 Å². The quantitative estimate of drug-likeness (QED) is 0.569. The third-order valence-corrected chi connectivity index (χ3v) is 5.20. The van der Waals surface area contributed by atoms with E-state index in [9.17, 15) is 0 Å². The molecule has 100 valence electrons. The second-order valence-corrected chi connectivity index (χ2v) is 6.59. The average molecular weight is 321 g/mol. The summed E-state index contributed by atoms with van der Waals surface area (Å²) in [5.41, 5.74) is 6.94. The first kappa shape index (κ1) is 13.4. The molecule has 4 nitrogen and oxygen atoms in total. The third-order valence-electron chi connectivity index (χ3n) is 2.61. The number of para-hydroxylation sites is 1. The van der Waals surface area contributed by atoms with Gasteiger partial charge in [0.05, 0.1) is 15.2 Å². The van der Waals surface area contributed by atoms with Crippen LogP contribution in [-0.4, -0.2) is 15.8 Å². The van der Waals surface area contributed by atoms with E-state index in [4.69, 9.17) is 22.7 Å². The molecule has 0 aliphatic rings. The van der Waals surface area contributed by atoms with E-state index in [1.165, 1.54) is 11.8 Å². The first-order chi connectivity index (χ1) is 9.65. The zero-order valence-corrected chi connectivity index (χ0v) is 12.5. The summed E-state index contributed by atoms with van der Waals surface area (Å²) in [7, 11) is 0. The van der Waals surface area contributed by atoms with Gasteiger partial charge < -0.3 is 5.73 Å². The summed E-state index contributed by atoms with van der Waals surface area (Å²) in [6, 6.07) is 9.57. The van der Waals surface area contributed by atoms with Gasteiger partial charge >= 0.3 is 0 Å². The van der Waals surface area contributed by atoms with Crippen molar-refractivity contribution in [2.75, 3.05) is 0 Å². The smallest absolute Gasteiger partial charge is 0.157 e. The molecule has 0 spiro atoms. The lowest BCUT2D eigenvalue weighted by molar-refractivity contribution is 1.12. The molecule has 0 saturated carbocycles. The summed E-state index contributed by atoms with van der Waals surface area (Å²) in [6.45, 7) is 0. The van der Waals surface area contributed by atoms with E-state index in [-0.39, 0.29) is 5.84 Å². The van der Waals surface area contributed by atoms with Gasteiger partial charge in [-0.2, -0.15) is 0 Å². The number of halogens is 1. The van der Waals surface area contributed by atoms with E-state index < -0.39 is 0 Å². The zero-order chi connectivity index (χ0) is 14.1. The van der Waals surface area contributed by atoms with Crippen molar-refractivity contribution in [2.24, 2.45) is 5.73 Å². The van der Waals surface area contributed by atoms with Crippen molar-refractivity contribution in [3.05, 3.63) is 47.1 Å². The molecular formula is C13H9ClN4S2. The molecule has 0 bridgehead atoms. The Bertz CT molecular complexity index is 767. The predicted octanol–water partition coefficient (Wildman–Crippen LogP) is 3.78. The number of benzene rings is 1. The maximum atomic E-state index is 7.48. The summed E-state index contributed by atoms with van der Waals surface area (Å²) in [5.74, 6) is -0.0662. The summed E-state index contributed by atoms with van der Waals surface area (Å²) in [6.07, 6.45) is 1.60. The van der Waals surface area contributed by atoms with Crippen LogP contribution in [0.4, 0.5) is 0 Å². The normalized spacial score (nSPS) is 10.8. The second-order valence-electron chi connectivity index (χ2n) is 3.94. The van der Waals surface area contributed by atoms with Gasteiger partial charge in [-0.25, -0.2) is 9.97 Å². The molecule has 0 amide bonds. The fraction of sp³-hybridized carbons (Fsp3) is 0. The molecule has 1 aromatic carbocycles. The second kappa shape index (κ2) is 5.40. The Balaban J connectivity index is 1.98. The van der Waals surface area contributed by atoms with Gasteiger partial charge in [-0.15, -0.1) is 11.3 Å². The minimum absolute atomic E-state index is 0.0662. The number of hydrogen-bond donors (Lipinski definition) is 2. The van der Waals surface area contributed by atoms with Crippen LogP contribution in [0, 0.1) is 5.41 Å². The molecule has 0 aliphatic carbocycles. The minimum atomic E-state index is -0.0662. The largest absolute Gasteiger partial charge is 0.384 e. The number of fused-ring (bicyclic) bond motifs is 1. The molecule has 0 fully saturated rings. The number of nitrogens with two attached hydrogens (primary N) is 1. The van der Waals surface area contributed by atoms with E-state index in [1.807, 2.05) is 24.3 Å². The Kier molecular flexibility index (Phi) is 3.60. The van der Waals surface area contributed by atoms with Crippen molar-refractivity contribution in [3.63, 3.8) is 0 Å². The highest BCUT2D eigenvalue weighted by Gasteiger charge is 2.13. The number of pyridine rings is 1.